The number of rotatable bonds is 2. The van der Waals surface area contributed by atoms with Crippen LogP contribution in [-0.2, 0) is 6.61 Å². The minimum Gasteiger partial charge on any atom is -0.487 e. The third kappa shape index (κ3) is 2.80. The monoisotopic (exact) mass is 336 g/mol. The molecule has 3 atom stereocenters. The van der Waals surface area contributed by atoms with E-state index in [0.29, 0.717) is 6.61 Å². The van der Waals surface area contributed by atoms with Gasteiger partial charge in [-0.25, -0.2) is 0 Å². The second-order valence-electron chi connectivity index (χ2n) is 6.52. The van der Waals surface area contributed by atoms with Crippen molar-refractivity contribution >= 4 is 11.4 Å². The van der Waals surface area contributed by atoms with Gasteiger partial charge in [-0.3, -0.25) is 0 Å². The molecule has 128 valence electrons. The molecule has 2 aliphatic rings. The van der Waals surface area contributed by atoms with E-state index < -0.39 is 12.1 Å². The summed E-state index contributed by atoms with van der Waals surface area (Å²) < 4.78 is 6.00. The van der Waals surface area contributed by atoms with Gasteiger partial charge in [-0.05, 0) is 36.6 Å². The molecule has 1 heterocycles. The Hall–Kier alpha value is -2.69. The number of anilines is 2. The lowest BCUT2D eigenvalue weighted by molar-refractivity contribution is 0.0879. The van der Waals surface area contributed by atoms with Gasteiger partial charge in [0.15, 0.2) is 0 Å². The van der Waals surface area contributed by atoms with Crippen molar-refractivity contribution in [1.82, 2.24) is 0 Å². The molecule has 1 N–H and O–H groups in total. The average Bonchev–Trinajstić information content (AvgIpc) is 2.81. The van der Waals surface area contributed by atoms with Gasteiger partial charge in [0.05, 0.1) is 23.9 Å². The molecule has 6 nitrogen and oxygen atoms in total. The van der Waals surface area contributed by atoms with E-state index in [1.54, 1.807) is 0 Å². The quantitative estimate of drug-likeness (QED) is 0.504. The maximum absolute atomic E-state index is 10.9. The number of aliphatic hydroxyl groups is 1. The summed E-state index contributed by atoms with van der Waals surface area (Å²) >= 11 is 0. The van der Waals surface area contributed by atoms with E-state index in [0.717, 1.165) is 42.0 Å². The van der Waals surface area contributed by atoms with Gasteiger partial charge in [0.1, 0.15) is 12.4 Å². The van der Waals surface area contributed by atoms with Crippen LogP contribution < -0.4 is 9.64 Å². The van der Waals surface area contributed by atoms with Crippen molar-refractivity contribution in [1.29, 1.82) is 0 Å². The molecule has 1 saturated carbocycles. The van der Waals surface area contributed by atoms with Gasteiger partial charge in [0.2, 0.25) is 0 Å². The predicted molar refractivity (Wildman–Crippen MR) is 95.9 cm³/mol. The van der Waals surface area contributed by atoms with E-state index in [4.69, 9.17) is 10.3 Å². The first-order chi connectivity index (χ1) is 12.3. The van der Waals surface area contributed by atoms with E-state index in [9.17, 15) is 5.11 Å². The third-order valence-electron chi connectivity index (χ3n) is 5.08. The largest absolute Gasteiger partial charge is 0.487 e. The van der Waals surface area contributed by atoms with Gasteiger partial charge in [-0.15, -0.1) is 0 Å². The molecule has 0 amide bonds. The molecule has 0 aromatic heterocycles. The lowest BCUT2D eigenvalue weighted by Crippen LogP contribution is -2.49. The molecule has 0 bridgehead atoms. The number of azide groups is 1. The number of aliphatic hydroxyl groups excluding tert-OH is 1. The summed E-state index contributed by atoms with van der Waals surface area (Å²) in [5.74, 6) is 0.803. The van der Waals surface area contributed by atoms with Crippen LogP contribution in [0.1, 0.15) is 24.8 Å². The molecule has 0 unspecified atom stereocenters. The van der Waals surface area contributed by atoms with Gasteiger partial charge >= 0.3 is 0 Å². The first-order valence-corrected chi connectivity index (χ1v) is 8.61. The van der Waals surface area contributed by atoms with Gasteiger partial charge in [0, 0.05) is 16.2 Å². The summed E-state index contributed by atoms with van der Waals surface area (Å²) in [5.41, 5.74) is 11.9. The minimum atomic E-state index is -0.719. The molecule has 1 fully saturated rings. The zero-order valence-electron chi connectivity index (χ0n) is 13.8. The number of fused-ring (bicyclic) bond motifs is 2. The van der Waals surface area contributed by atoms with Gasteiger partial charge < -0.3 is 14.7 Å². The van der Waals surface area contributed by atoms with E-state index in [1.165, 1.54) is 0 Å². The number of hydrogen-bond acceptors (Lipinski definition) is 4. The van der Waals surface area contributed by atoms with E-state index in [2.05, 4.69) is 21.0 Å². The highest BCUT2D eigenvalue weighted by atomic mass is 16.5. The molecule has 0 saturated heterocycles. The minimum absolute atomic E-state index is 0.159. The van der Waals surface area contributed by atoms with Crippen molar-refractivity contribution in [3.63, 3.8) is 0 Å². The maximum Gasteiger partial charge on any atom is 0.143 e. The Morgan fingerprint density at radius 2 is 1.84 bits per heavy atom. The number of hydrogen-bond donors (Lipinski definition) is 1. The van der Waals surface area contributed by atoms with Crippen LogP contribution >= 0.6 is 0 Å². The molecule has 2 aromatic carbocycles. The Labute approximate surface area is 146 Å². The molecule has 2 aromatic rings. The number of ether oxygens (including phenoxy) is 1. The second kappa shape index (κ2) is 6.67. The molecule has 0 radical (unpaired) electrons. The van der Waals surface area contributed by atoms with Crippen molar-refractivity contribution in [3.05, 3.63) is 64.5 Å². The Bertz CT molecular complexity index is 771. The number of nitrogens with zero attached hydrogens (tertiary/aromatic N) is 4. The lowest BCUT2D eigenvalue weighted by atomic mass is 9.86. The third-order valence-corrected chi connectivity index (χ3v) is 5.08. The van der Waals surface area contributed by atoms with E-state index in [-0.39, 0.29) is 6.04 Å². The summed E-state index contributed by atoms with van der Waals surface area (Å²) in [6, 6.07) is 15.4. The summed E-state index contributed by atoms with van der Waals surface area (Å²) in [6.45, 7) is 0.492. The Morgan fingerprint density at radius 1 is 1.08 bits per heavy atom. The van der Waals surface area contributed by atoms with Crippen molar-refractivity contribution in [2.45, 2.75) is 44.1 Å². The van der Waals surface area contributed by atoms with Gasteiger partial charge in [-0.1, -0.05) is 41.9 Å². The first kappa shape index (κ1) is 15.8. The zero-order chi connectivity index (χ0) is 17.2. The van der Waals surface area contributed by atoms with Crippen LogP contribution in [0.3, 0.4) is 0 Å². The zero-order valence-corrected chi connectivity index (χ0v) is 13.8. The van der Waals surface area contributed by atoms with Crippen LogP contribution in [0.2, 0.25) is 0 Å². The predicted octanol–water partition coefficient (Wildman–Crippen LogP) is 4.31. The van der Waals surface area contributed by atoms with Gasteiger partial charge in [-0.2, -0.15) is 0 Å². The molecular formula is C19H20N4O2. The van der Waals surface area contributed by atoms with Crippen molar-refractivity contribution < 1.29 is 9.84 Å². The molecule has 1 aliphatic carbocycles. The number of para-hydroxylation sites is 3. The van der Waals surface area contributed by atoms with Crippen molar-refractivity contribution in [2.75, 3.05) is 4.90 Å². The molecule has 0 spiro atoms. The smallest absolute Gasteiger partial charge is 0.143 e. The summed E-state index contributed by atoms with van der Waals surface area (Å²) in [5, 5.41) is 14.7. The molecule has 1 aliphatic heterocycles. The van der Waals surface area contributed by atoms with Crippen LogP contribution in [0.15, 0.2) is 53.6 Å². The lowest BCUT2D eigenvalue weighted by Gasteiger charge is -2.41. The molecular weight excluding hydrogens is 316 g/mol. The Kier molecular flexibility index (Phi) is 4.22. The van der Waals surface area contributed by atoms with Crippen LogP contribution in [-0.4, -0.2) is 23.3 Å². The van der Waals surface area contributed by atoms with Crippen LogP contribution in [0.4, 0.5) is 11.4 Å². The van der Waals surface area contributed by atoms with E-state index >= 15 is 0 Å². The average molecular weight is 336 g/mol. The Balaban J connectivity index is 1.83. The fraction of sp³-hybridized carbons (Fsp3) is 0.368. The molecule has 4 rings (SSSR count). The second-order valence-corrected chi connectivity index (χ2v) is 6.52. The van der Waals surface area contributed by atoms with Crippen LogP contribution in [0.5, 0.6) is 5.75 Å². The summed E-state index contributed by atoms with van der Waals surface area (Å²) in [7, 11) is 0. The maximum atomic E-state index is 10.9. The van der Waals surface area contributed by atoms with Crippen LogP contribution in [0, 0.1) is 0 Å². The standard InChI is InChI=1S/C19H20N4O2/c20-22-21-14-7-5-10-17(19(14)24)23-15-8-2-1-6-13(15)12-25-18-11-4-3-9-16(18)23/h1-4,6,8-9,11,14,17,19,24H,5,7,10,12H2/t14-,17+,19+/m1/s1. The molecule has 6 heteroatoms. The highest BCUT2D eigenvalue weighted by Crippen LogP contribution is 2.43. The summed E-state index contributed by atoms with van der Waals surface area (Å²) in [6.07, 6.45) is 1.74. The van der Waals surface area contributed by atoms with E-state index in [1.807, 2.05) is 42.5 Å². The van der Waals surface area contributed by atoms with Crippen molar-refractivity contribution in [3.8, 4) is 5.75 Å². The highest BCUT2D eigenvalue weighted by molar-refractivity contribution is 5.73. The summed E-state index contributed by atoms with van der Waals surface area (Å²) in [4.78, 5) is 5.09. The SMILES string of the molecule is [N-]=[N+]=N[C@@H]1CCC[C@H](N2c3ccccc3COc3ccccc32)[C@H]1O. The first-order valence-electron chi connectivity index (χ1n) is 8.61. The van der Waals surface area contributed by atoms with Crippen LogP contribution in [0.25, 0.3) is 10.4 Å². The van der Waals surface area contributed by atoms with Crippen molar-refractivity contribution in [2.24, 2.45) is 5.11 Å². The topological polar surface area (TPSA) is 81.5 Å². The molecule has 25 heavy (non-hydrogen) atoms. The fourth-order valence-corrected chi connectivity index (χ4v) is 3.90. The normalized spacial score (nSPS) is 25.0. The fourth-order valence-electron chi connectivity index (χ4n) is 3.90. The number of benzene rings is 2. The van der Waals surface area contributed by atoms with Gasteiger partial charge in [0.25, 0.3) is 0 Å². The highest BCUT2D eigenvalue weighted by Gasteiger charge is 2.38. The Morgan fingerprint density at radius 3 is 2.68 bits per heavy atom.